The molecule has 70 valence electrons. The van der Waals surface area contributed by atoms with Crippen molar-refractivity contribution in [1.29, 1.82) is 0 Å². The topological polar surface area (TPSA) is 49.3 Å². The van der Waals surface area contributed by atoms with E-state index in [1.807, 2.05) is 5.38 Å². The fourth-order valence-corrected chi connectivity index (χ4v) is 2.43. The minimum Gasteiger partial charge on any atom is -0.480 e. The van der Waals surface area contributed by atoms with Crippen LogP contribution in [0.2, 0.25) is 0 Å². The zero-order chi connectivity index (χ0) is 9.26. The van der Waals surface area contributed by atoms with Crippen LogP contribution in [0.3, 0.4) is 0 Å². The number of rotatable bonds is 2. The van der Waals surface area contributed by atoms with Crippen LogP contribution in [0.5, 0.6) is 0 Å². The highest BCUT2D eigenvalue weighted by Crippen LogP contribution is 2.27. The average molecular weight is 197 g/mol. The molecule has 1 aliphatic rings. The molecule has 3 nitrogen and oxygen atoms in total. The third-order valence-electron chi connectivity index (χ3n) is 2.44. The van der Waals surface area contributed by atoms with Gasteiger partial charge in [0.2, 0.25) is 0 Å². The van der Waals surface area contributed by atoms with E-state index < -0.39 is 5.97 Å². The molecule has 0 spiro atoms. The summed E-state index contributed by atoms with van der Waals surface area (Å²) in [4.78, 5) is 10.7. The van der Waals surface area contributed by atoms with Gasteiger partial charge in [-0.2, -0.15) is 11.3 Å². The lowest BCUT2D eigenvalue weighted by Gasteiger charge is -2.04. The number of hydrogen-bond donors (Lipinski definition) is 2. The predicted octanol–water partition coefficient (Wildman–Crippen LogP) is 1.28. The molecule has 2 N–H and O–H groups in total. The molecule has 0 aromatic carbocycles. The molecule has 0 aliphatic carbocycles. The molecule has 0 amide bonds. The molecule has 1 fully saturated rings. The van der Waals surface area contributed by atoms with Gasteiger partial charge in [0.25, 0.3) is 0 Å². The summed E-state index contributed by atoms with van der Waals surface area (Å²) in [5, 5.41) is 15.9. The van der Waals surface area contributed by atoms with E-state index in [9.17, 15) is 4.79 Å². The molecule has 0 saturated carbocycles. The third kappa shape index (κ3) is 1.73. The summed E-state index contributed by atoms with van der Waals surface area (Å²) in [6.45, 7) is 0.785. The molecule has 13 heavy (non-hydrogen) atoms. The van der Waals surface area contributed by atoms with Crippen LogP contribution in [0, 0.1) is 0 Å². The van der Waals surface area contributed by atoms with Gasteiger partial charge < -0.3 is 10.4 Å². The van der Waals surface area contributed by atoms with Crippen LogP contribution in [-0.2, 0) is 4.79 Å². The summed E-state index contributed by atoms with van der Waals surface area (Å²) in [5.74, 6) is -0.356. The number of thiophene rings is 1. The van der Waals surface area contributed by atoms with Crippen molar-refractivity contribution in [2.24, 2.45) is 0 Å². The van der Waals surface area contributed by atoms with Gasteiger partial charge in [-0.3, -0.25) is 4.79 Å². The Hall–Kier alpha value is -0.870. The molecule has 2 unspecified atom stereocenters. The van der Waals surface area contributed by atoms with Crippen molar-refractivity contribution >= 4 is 17.3 Å². The molecule has 1 saturated heterocycles. The molecule has 0 radical (unpaired) electrons. The highest BCUT2D eigenvalue weighted by molar-refractivity contribution is 7.07. The average Bonchev–Trinajstić information content (AvgIpc) is 2.75. The number of nitrogens with one attached hydrogen (secondary N) is 1. The van der Waals surface area contributed by atoms with Crippen molar-refractivity contribution in [3.63, 3.8) is 0 Å². The highest BCUT2D eigenvalue weighted by Gasteiger charge is 2.29. The summed E-state index contributed by atoms with van der Waals surface area (Å²) < 4.78 is 0. The Morgan fingerprint density at radius 1 is 1.69 bits per heavy atom. The first-order chi connectivity index (χ1) is 6.27. The number of carboxylic acids is 1. The predicted molar refractivity (Wildman–Crippen MR) is 51.1 cm³/mol. The summed E-state index contributed by atoms with van der Waals surface area (Å²) >= 11 is 1.66. The van der Waals surface area contributed by atoms with E-state index in [4.69, 9.17) is 5.11 Å². The van der Waals surface area contributed by atoms with Crippen molar-refractivity contribution in [3.8, 4) is 0 Å². The lowest BCUT2D eigenvalue weighted by molar-refractivity contribution is -0.139. The van der Waals surface area contributed by atoms with Gasteiger partial charge in [-0.15, -0.1) is 0 Å². The fourth-order valence-electron chi connectivity index (χ4n) is 1.69. The zero-order valence-corrected chi connectivity index (χ0v) is 7.88. The van der Waals surface area contributed by atoms with Gasteiger partial charge in [-0.25, -0.2) is 0 Å². The number of carboxylic acid groups (broad SMARTS) is 1. The molecule has 4 heteroatoms. The number of aliphatic carboxylic acids is 1. The van der Waals surface area contributed by atoms with Crippen LogP contribution in [0.15, 0.2) is 16.8 Å². The Morgan fingerprint density at radius 3 is 3.08 bits per heavy atom. The molecule has 0 bridgehead atoms. The smallest absolute Gasteiger partial charge is 0.320 e. The quantitative estimate of drug-likeness (QED) is 0.750. The van der Waals surface area contributed by atoms with Crippen LogP contribution in [0.25, 0.3) is 0 Å². The Balaban J connectivity index is 2.03. The molecule has 2 rings (SSSR count). The van der Waals surface area contributed by atoms with Gasteiger partial charge in [0.15, 0.2) is 0 Å². The van der Waals surface area contributed by atoms with Gasteiger partial charge in [-0.1, -0.05) is 0 Å². The molecule has 2 atom stereocenters. The lowest BCUT2D eigenvalue weighted by Crippen LogP contribution is -2.29. The van der Waals surface area contributed by atoms with E-state index in [0.717, 1.165) is 6.54 Å². The molecular weight excluding hydrogens is 186 g/mol. The molecule has 1 aliphatic heterocycles. The third-order valence-corrected chi connectivity index (χ3v) is 3.15. The summed E-state index contributed by atoms with van der Waals surface area (Å²) in [6.07, 6.45) is 0.714. The molecule has 1 aromatic rings. The first-order valence-electron chi connectivity index (χ1n) is 4.25. The second kappa shape index (κ2) is 3.47. The van der Waals surface area contributed by atoms with Crippen LogP contribution >= 0.6 is 11.3 Å². The van der Waals surface area contributed by atoms with Gasteiger partial charge in [0, 0.05) is 6.54 Å². The Kier molecular flexibility index (Phi) is 2.33. The minimum absolute atomic E-state index is 0.357. The van der Waals surface area contributed by atoms with Gasteiger partial charge >= 0.3 is 5.97 Å². The van der Waals surface area contributed by atoms with E-state index in [0.29, 0.717) is 12.3 Å². The lowest BCUT2D eigenvalue weighted by atomic mass is 9.99. The monoisotopic (exact) mass is 197 g/mol. The van der Waals surface area contributed by atoms with Crippen LogP contribution < -0.4 is 5.32 Å². The maximum atomic E-state index is 10.7. The van der Waals surface area contributed by atoms with E-state index in [2.05, 4.69) is 16.8 Å². The normalized spacial score (nSPS) is 27.7. The van der Waals surface area contributed by atoms with Crippen LogP contribution in [0.1, 0.15) is 17.9 Å². The van der Waals surface area contributed by atoms with Gasteiger partial charge in [0.05, 0.1) is 0 Å². The van der Waals surface area contributed by atoms with Gasteiger partial charge in [-0.05, 0) is 34.7 Å². The molecular formula is C9H11NO2S. The Bertz CT molecular complexity index is 297. The van der Waals surface area contributed by atoms with Crippen molar-refractivity contribution in [2.75, 3.05) is 6.54 Å². The van der Waals surface area contributed by atoms with Crippen molar-refractivity contribution < 1.29 is 9.90 Å². The minimum atomic E-state index is -0.738. The van der Waals surface area contributed by atoms with E-state index >= 15 is 0 Å². The van der Waals surface area contributed by atoms with Crippen molar-refractivity contribution in [3.05, 3.63) is 22.4 Å². The van der Waals surface area contributed by atoms with Gasteiger partial charge in [0.1, 0.15) is 6.04 Å². The standard InChI is InChI=1S/C9H11NO2S/c11-9(12)8-3-7(4-10-8)6-1-2-13-5-6/h1-2,5,7-8,10H,3-4H2,(H,11,12). The Labute approximate surface area is 80.4 Å². The summed E-state index contributed by atoms with van der Waals surface area (Å²) in [6, 6.07) is 1.71. The van der Waals surface area contributed by atoms with Crippen LogP contribution in [0.4, 0.5) is 0 Å². The van der Waals surface area contributed by atoms with Crippen molar-refractivity contribution in [1.82, 2.24) is 5.32 Å². The largest absolute Gasteiger partial charge is 0.480 e. The first kappa shape index (κ1) is 8.72. The SMILES string of the molecule is O=C(O)C1CC(c2ccsc2)CN1. The zero-order valence-electron chi connectivity index (χ0n) is 7.06. The Morgan fingerprint density at radius 2 is 2.54 bits per heavy atom. The van der Waals surface area contributed by atoms with E-state index in [1.54, 1.807) is 11.3 Å². The maximum Gasteiger partial charge on any atom is 0.320 e. The van der Waals surface area contributed by atoms with E-state index in [-0.39, 0.29) is 6.04 Å². The van der Waals surface area contributed by atoms with E-state index in [1.165, 1.54) is 5.56 Å². The number of carbonyl (C=O) groups is 1. The highest BCUT2D eigenvalue weighted by atomic mass is 32.1. The molecule has 1 aromatic heterocycles. The second-order valence-electron chi connectivity index (χ2n) is 3.29. The van der Waals surface area contributed by atoms with Crippen molar-refractivity contribution in [2.45, 2.75) is 18.4 Å². The number of hydrogen-bond acceptors (Lipinski definition) is 3. The van der Waals surface area contributed by atoms with Crippen LogP contribution in [-0.4, -0.2) is 23.7 Å². The summed E-state index contributed by atoms with van der Waals surface area (Å²) in [5.41, 5.74) is 1.27. The fraction of sp³-hybridized carbons (Fsp3) is 0.444. The summed E-state index contributed by atoms with van der Waals surface area (Å²) in [7, 11) is 0. The first-order valence-corrected chi connectivity index (χ1v) is 5.20. The second-order valence-corrected chi connectivity index (χ2v) is 4.07. The maximum absolute atomic E-state index is 10.7. The molecule has 2 heterocycles.